The van der Waals surface area contributed by atoms with Gasteiger partial charge < -0.3 is 4.98 Å². The van der Waals surface area contributed by atoms with Crippen LogP contribution < -0.4 is 0 Å². The maximum absolute atomic E-state index is 4.52. The fourth-order valence-electron chi connectivity index (χ4n) is 2.48. The summed E-state index contributed by atoms with van der Waals surface area (Å²) in [5.41, 5.74) is 5.09. The van der Waals surface area contributed by atoms with E-state index in [1.807, 2.05) is 19.2 Å². The lowest BCUT2D eigenvalue weighted by atomic mass is 9.90. The number of aromatic amines is 1. The van der Waals surface area contributed by atoms with Crippen LogP contribution in [0.5, 0.6) is 0 Å². The number of allylic oxidation sites excluding steroid dienone is 7. The molecule has 0 radical (unpaired) electrons. The van der Waals surface area contributed by atoms with Crippen LogP contribution in [-0.2, 0) is 0 Å². The van der Waals surface area contributed by atoms with Gasteiger partial charge >= 0.3 is 0 Å². The van der Waals surface area contributed by atoms with Crippen molar-refractivity contribution in [2.24, 2.45) is 0 Å². The Morgan fingerprint density at radius 2 is 2.30 bits per heavy atom. The molecule has 1 aliphatic rings. The van der Waals surface area contributed by atoms with E-state index < -0.39 is 0 Å². The molecule has 0 aromatic carbocycles. The highest BCUT2D eigenvalue weighted by atomic mass is 14.9. The van der Waals surface area contributed by atoms with Crippen molar-refractivity contribution in [1.82, 2.24) is 9.97 Å². The third kappa shape index (κ3) is 3.01. The molecule has 0 bridgehead atoms. The Balaban J connectivity index is 0.00000220. The first-order chi connectivity index (χ1) is 9.69. The van der Waals surface area contributed by atoms with Crippen LogP contribution in [0.4, 0.5) is 0 Å². The number of rotatable bonds is 5. The van der Waals surface area contributed by atoms with Crippen molar-refractivity contribution < 1.29 is 1.43 Å². The third-order valence-electron chi connectivity index (χ3n) is 3.98. The first-order valence-corrected chi connectivity index (χ1v) is 7.43. The van der Waals surface area contributed by atoms with Crippen LogP contribution in [0.3, 0.4) is 0 Å². The predicted octanol–water partition coefficient (Wildman–Crippen LogP) is 5.41. The lowest BCUT2D eigenvalue weighted by Crippen LogP contribution is -1.98. The molecule has 1 heterocycles. The van der Waals surface area contributed by atoms with Crippen LogP contribution in [-0.4, -0.2) is 9.97 Å². The smallest absolute Gasteiger partial charge is 0.109 e. The van der Waals surface area contributed by atoms with E-state index in [0.29, 0.717) is 5.92 Å². The van der Waals surface area contributed by atoms with E-state index in [9.17, 15) is 0 Å². The zero-order chi connectivity index (χ0) is 14.5. The number of nitrogens with zero attached hydrogens (tertiary/aromatic N) is 1. The van der Waals surface area contributed by atoms with Crippen molar-refractivity contribution in [2.75, 3.05) is 0 Å². The molecule has 2 rings (SSSR count). The first-order valence-electron chi connectivity index (χ1n) is 7.43. The van der Waals surface area contributed by atoms with Crippen LogP contribution in [0.25, 0.3) is 5.57 Å². The Morgan fingerprint density at radius 1 is 1.50 bits per heavy atom. The van der Waals surface area contributed by atoms with Gasteiger partial charge in [0.2, 0.25) is 0 Å². The molecule has 0 saturated carbocycles. The molecule has 108 valence electrons. The van der Waals surface area contributed by atoms with Gasteiger partial charge in [0.25, 0.3) is 0 Å². The van der Waals surface area contributed by atoms with Gasteiger partial charge in [-0.05, 0) is 49.0 Å². The van der Waals surface area contributed by atoms with E-state index in [2.05, 4.69) is 48.6 Å². The standard InChI is InChI=1S/C18H24N2.H2/c1-5-8-15-11-16(10-9-14(15)7-3)17-12-19-18(20-17)13(4)6-2;/h5,7-8,11-13H,3,6,9-10H2,1-2,4H3,(H,19,20);1H/b8-5-;. The Hall–Kier alpha value is -1.83. The molecule has 0 fully saturated rings. The molecule has 2 nitrogen and oxygen atoms in total. The number of aromatic nitrogens is 2. The van der Waals surface area contributed by atoms with E-state index in [1.54, 1.807) is 0 Å². The lowest BCUT2D eigenvalue weighted by molar-refractivity contribution is 0.688. The van der Waals surface area contributed by atoms with Gasteiger partial charge in [-0.15, -0.1) is 0 Å². The number of hydrogen-bond donors (Lipinski definition) is 1. The summed E-state index contributed by atoms with van der Waals surface area (Å²) in [7, 11) is 0. The third-order valence-corrected chi connectivity index (χ3v) is 3.98. The summed E-state index contributed by atoms with van der Waals surface area (Å²) in [6, 6.07) is 0. The molecular weight excluding hydrogens is 244 g/mol. The van der Waals surface area contributed by atoms with Gasteiger partial charge in [-0.25, -0.2) is 4.98 Å². The average Bonchev–Trinajstić information content (AvgIpc) is 2.96. The predicted molar refractivity (Wildman–Crippen MR) is 88.7 cm³/mol. The van der Waals surface area contributed by atoms with E-state index in [4.69, 9.17) is 0 Å². The molecule has 1 aliphatic carbocycles. The van der Waals surface area contributed by atoms with Gasteiger partial charge in [0.15, 0.2) is 0 Å². The molecular formula is C18H26N2. The minimum atomic E-state index is 0. The Kier molecular flexibility index (Phi) is 4.78. The van der Waals surface area contributed by atoms with Crippen LogP contribution in [0.2, 0.25) is 0 Å². The number of H-pyrrole nitrogens is 1. The molecule has 20 heavy (non-hydrogen) atoms. The zero-order valence-electron chi connectivity index (χ0n) is 12.7. The van der Waals surface area contributed by atoms with E-state index in [0.717, 1.165) is 30.8 Å². The summed E-state index contributed by atoms with van der Waals surface area (Å²) in [6.45, 7) is 10.4. The summed E-state index contributed by atoms with van der Waals surface area (Å²) < 4.78 is 0. The second-order valence-corrected chi connectivity index (χ2v) is 5.35. The van der Waals surface area contributed by atoms with E-state index in [1.165, 1.54) is 16.7 Å². The maximum atomic E-state index is 4.52. The van der Waals surface area contributed by atoms with Crippen molar-refractivity contribution in [2.45, 2.75) is 46.0 Å². The number of imidazole rings is 1. The van der Waals surface area contributed by atoms with E-state index >= 15 is 0 Å². The van der Waals surface area contributed by atoms with Crippen LogP contribution in [0.15, 0.2) is 48.2 Å². The zero-order valence-corrected chi connectivity index (χ0v) is 12.7. The molecule has 1 aromatic heterocycles. The summed E-state index contributed by atoms with van der Waals surface area (Å²) in [5, 5.41) is 0. The van der Waals surface area contributed by atoms with Crippen molar-refractivity contribution in [1.29, 1.82) is 0 Å². The van der Waals surface area contributed by atoms with Crippen molar-refractivity contribution in [3.8, 4) is 0 Å². The summed E-state index contributed by atoms with van der Waals surface area (Å²) >= 11 is 0. The summed E-state index contributed by atoms with van der Waals surface area (Å²) in [6.07, 6.45) is 13.6. The summed E-state index contributed by atoms with van der Waals surface area (Å²) in [4.78, 5) is 8.00. The molecule has 1 atom stereocenters. The van der Waals surface area contributed by atoms with Gasteiger partial charge in [0, 0.05) is 7.34 Å². The molecule has 1 unspecified atom stereocenters. The monoisotopic (exact) mass is 270 g/mol. The van der Waals surface area contributed by atoms with Crippen LogP contribution in [0, 0.1) is 0 Å². The minimum absolute atomic E-state index is 0. The molecule has 0 spiro atoms. The Labute approximate surface area is 123 Å². The molecule has 1 aromatic rings. The molecule has 0 saturated heterocycles. The second kappa shape index (κ2) is 6.56. The largest absolute Gasteiger partial charge is 0.342 e. The number of nitrogens with one attached hydrogen (secondary N) is 1. The number of hydrogen-bond acceptors (Lipinski definition) is 1. The summed E-state index contributed by atoms with van der Waals surface area (Å²) in [5.74, 6) is 1.58. The maximum Gasteiger partial charge on any atom is 0.109 e. The quantitative estimate of drug-likeness (QED) is 0.762. The van der Waals surface area contributed by atoms with Crippen molar-refractivity contribution in [3.63, 3.8) is 0 Å². The highest BCUT2D eigenvalue weighted by Crippen LogP contribution is 2.31. The average molecular weight is 270 g/mol. The fourth-order valence-corrected chi connectivity index (χ4v) is 2.48. The highest BCUT2D eigenvalue weighted by molar-refractivity contribution is 5.70. The normalized spacial score (nSPS) is 17.4. The van der Waals surface area contributed by atoms with Crippen molar-refractivity contribution >= 4 is 5.57 Å². The van der Waals surface area contributed by atoms with Gasteiger partial charge in [-0.3, -0.25) is 0 Å². The second-order valence-electron chi connectivity index (χ2n) is 5.35. The van der Waals surface area contributed by atoms with Gasteiger partial charge in [0.1, 0.15) is 5.82 Å². The topological polar surface area (TPSA) is 28.7 Å². The molecule has 0 aliphatic heterocycles. The molecule has 1 N–H and O–H groups in total. The van der Waals surface area contributed by atoms with Gasteiger partial charge in [-0.2, -0.15) is 0 Å². The highest BCUT2D eigenvalue weighted by Gasteiger charge is 2.14. The lowest BCUT2D eigenvalue weighted by Gasteiger charge is -2.15. The minimum Gasteiger partial charge on any atom is -0.342 e. The van der Waals surface area contributed by atoms with Crippen LogP contribution in [0.1, 0.15) is 58.9 Å². The SMILES string of the molecule is C=CC1=C(/C=C\C)C=C(c2cnc(C(C)CC)[nH]2)CC1.[HH]. The Bertz CT molecular complexity index is 576. The van der Waals surface area contributed by atoms with Crippen LogP contribution >= 0.6 is 0 Å². The first kappa shape index (κ1) is 14.6. The van der Waals surface area contributed by atoms with Gasteiger partial charge in [-0.1, -0.05) is 38.7 Å². The molecule has 0 amide bonds. The Morgan fingerprint density at radius 3 is 2.95 bits per heavy atom. The molecule has 2 heteroatoms. The van der Waals surface area contributed by atoms with Gasteiger partial charge in [0.05, 0.1) is 11.9 Å². The van der Waals surface area contributed by atoms with Crippen molar-refractivity contribution in [3.05, 3.63) is 59.7 Å². The fraction of sp³-hybridized carbons (Fsp3) is 0.389. The van der Waals surface area contributed by atoms with E-state index in [-0.39, 0.29) is 1.43 Å².